The Morgan fingerprint density at radius 2 is 2.13 bits per heavy atom. The highest BCUT2D eigenvalue weighted by Gasteiger charge is 2.38. The van der Waals surface area contributed by atoms with E-state index in [1.807, 2.05) is 0 Å². The molecule has 86 valence electrons. The number of aryl methyl sites for hydroxylation is 1. The van der Waals surface area contributed by atoms with Crippen LogP contribution in [0.3, 0.4) is 0 Å². The van der Waals surface area contributed by atoms with E-state index < -0.39 is 18.2 Å². The van der Waals surface area contributed by atoms with Crippen molar-refractivity contribution in [2.45, 2.75) is 19.2 Å². The van der Waals surface area contributed by atoms with Gasteiger partial charge in [-0.15, -0.1) is 0 Å². The zero-order valence-electron chi connectivity index (χ0n) is 8.26. The monoisotopic (exact) mass is 224 g/mol. The summed E-state index contributed by atoms with van der Waals surface area (Å²) in [6.45, 7) is 1.43. The summed E-state index contributed by atoms with van der Waals surface area (Å²) in [5, 5.41) is 0. The zero-order chi connectivity index (χ0) is 11.6. The third kappa shape index (κ3) is 2.48. The molecule has 0 aliphatic heterocycles. The van der Waals surface area contributed by atoms with Crippen LogP contribution in [0.15, 0.2) is 4.42 Å². The Labute approximate surface area is 84.2 Å². The van der Waals surface area contributed by atoms with Crippen molar-refractivity contribution in [3.8, 4) is 0 Å². The number of rotatable bonds is 3. The molecule has 1 atom stereocenters. The molecule has 0 spiro atoms. The first kappa shape index (κ1) is 12.0. The van der Waals surface area contributed by atoms with Crippen molar-refractivity contribution >= 4 is 0 Å². The van der Waals surface area contributed by atoms with Crippen molar-refractivity contribution in [2.24, 2.45) is 5.73 Å². The predicted octanol–water partition coefficient (Wildman–Crippen LogP) is 1.65. The van der Waals surface area contributed by atoms with Crippen LogP contribution in [0, 0.1) is 6.92 Å². The maximum absolute atomic E-state index is 12.2. The maximum Gasteiger partial charge on any atom is 0.468 e. The summed E-state index contributed by atoms with van der Waals surface area (Å²) < 4.78 is 46.0. The first-order chi connectivity index (χ1) is 6.90. The van der Waals surface area contributed by atoms with Gasteiger partial charge in [0.1, 0.15) is 17.6 Å². The van der Waals surface area contributed by atoms with Gasteiger partial charge in [0.05, 0.1) is 0 Å². The van der Waals surface area contributed by atoms with Crippen molar-refractivity contribution in [1.29, 1.82) is 0 Å². The van der Waals surface area contributed by atoms with E-state index in [-0.39, 0.29) is 18.0 Å². The van der Waals surface area contributed by atoms with Crippen molar-refractivity contribution in [1.82, 2.24) is 4.98 Å². The Morgan fingerprint density at radius 3 is 2.47 bits per heavy atom. The molecule has 2 N–H and O–H groups in total. The number of nitrogens with two attached hydrogens (primary N) is 1. The summed E-state index contributed by atoms with van der Waals surface area (Å²) in [4.78, 5) is 3.33. The molecule has 0 fully saturated rings. The van der Waals surface area contributed by atoms with Crippen LogP contribution >= 0.6 is 0 Å². The lowest BCUT2D eigenvalue weighted by Crippen LogP contribution is -2.16. The minimum absolute atomic E-state index is 0.0428. The van der Waals surface area contributed by atoms with Gasteiger partial charge in [-0.05, 0) is 6.92 Å². The molecule has 0 aliphatic rings. The Morgan fingerprint density at radius 1 is 1.53 bits per heavy atom. The highest BCUT2D eigenvalue weighted by atomic mass is 19.4. The molecule has 1 aromatic rings. The molecule has 4 nitrogen and oxygen atoms in total. The van der Waals surface area contributed by atoms with Gasteiger partial charge in [-0.3, -0.25) is 0 Å². The SMILES string of the molecule is COC(CN)c1nc(C(F)(F)F)oc1C. The number of hydrogen-bond acceptors (Lipinski definition) is 4. The predicted molar refractivity (Wildman–Crippen MR) is 45.0 cm³/mol. The van der Waals surface area contributed by atoms with Crippen LogP contribution in [-0.4, -0.2) is 18.6 Å². The van der Waals surface area contributed by atoms with Crippen LogP contribution < -0.4 is 5.73 Å². The second kappa shape index (κ2) is 4.19. The molecule has 1 aromatic heterocycles. The normalized spacial score (nSPS) is 14.3. The smallest absolute Gasteiger partial charge is 0.438 e. The van der Waals surface area contributed by atoms with Gasteiger partial charge < -0.3 is 14.9 Å². The molecule has 1 unspecified atom stereocenters. The van der Waals surface area contributed by atoms with E-state index in [1.165, 1.54) is 14.0 Å². The largest absolute Gasteiger partial charge is 0.468 e. The number of nitrogens with zero attached hydrogens (tertiary/aromatic N) is 1. The lowest BCUT2D eigenvalue weighted by Gasteiger charge is -2.09. The van der Waals surface area contributed by atoms with E-state index in [0.29, 0.717) is 0 Å². The summed E-state index contributed by atoms with van der Waals surface area (Å²) >= 11 is 0. The number of alkyl halides is 3. The van der Waals surface area contributed by atoms with Gasteiger partial charge in [0.25, 0.3) is 0 Å². The molecule has 7 heteroatoms. The average molecular weight is 224 g/mol. The van der Waals surface area contributed by atoms with Crippen LogP contribution in [0.1, 0.15) is 23.4 Å². The third-order valence-corrected chi connectivity index (χ3v) is 1.88. The van der Waals surface area contributed by atoms with Crippen LogP contribution in [-0.2, 0) is 10.9 Å². The molecular formula is C8H11F3N2O2. The summed E-state index contributed by atoms with van der Waals surface area (Å²) in [5.74, 6) is -1.20. The lowest BCUT2D eigenvalue weighted by molar-refractivity contribution is -0.157. The summed E-state index contributed by atoms with van der Waals surface area (Å²) in [7, 11) is 1.35. The van der Waals surface area contributed by atoms with Crippen LogP contribution in [0.25, 0.3) is 0 Å². The molecule has 0 bridgehead atoms. The van der Waals surface area contributed by atoms with Gasteiger partial charge >= 0.3 is 12.1 Å². The number of halogens is 3. The van der Waals surface area contributed by atoms with E-state index in [1.54, 1.807) is 0 Å². The minimum Gasteiger partial charge on any atom is -0.438 e. The topological polar surface area (TPSA) is 61.3 Å². The number of methoxy groups -OCH3 is 1. The van der Waals surface area contributed by atoms with Gasteiger partial charge in [0.2, 0.25) is 0 Å². The Bertz CT molecular complexity index is 331. The summed E-state index contributed by atoms with van der Waals surface area (Å²) in [5.41, 5.74) is 5.40. The fourth-order valence-corrected chi connectivity index (χ4v) is 1.15. The van der Waals surface area contributed by atoms with Crippen molar-refractivity contribution in [3.05, 3.63) is 17.3 Å². The molecule has 1 rings (SSSR count). The molecule has 0 aliphatic carbocycles. The van der Waals surface area contributed by atoms with Crippen LogP contribution in [0.5, 0.6) is 0 Å². The second-order valence-electron chi connectivity index (χ2n) is 2.92. The van der Waals surface area contributed by atoms with Crippen LogP contribution in [0.4, 0.5) is 13.2 Å². The first-order valence-electron chi connectivity index (χ1n) is 4.17. The van der Waals surface area contributed by atoms with E-state index in [0.717, 1.165) is 0 Å². The molecule has 15 heavy (non-hydrogen) atoms. The van der Waals surface area contributed by atoms with Crippen molar-refractivity contribution in [2.75, 3.05) is 13.7 Å². The quantitative estimate of drug-likeness (QED) is 0.847. The third-order valence-electron chi connectivity index (χ3n) is 1.88. The standard InChI is InChI=1S/C8H11F3N2O2/c1-4-6(5(3-12)14-2)13-7(15-4)8(9,10)11/h5H,3,12H2,1-2H3. The molecule has 0 aromatic carbocycles. The van der Waals surface area contributed by atoms with Gasteiger partial charge in [0, 0.05) is 13.7 Å². The van der Waals surface area contributed by atoms with Gasteiger partial charge in [-0.25, -0.2) is 4.98 Å². The van der Waals surface area contributed by atoms with Gasteiger partial charge in [-0.2, -0.15) is 13.2 Å². The number of oxazole rings is 1. The molecular weight excluding hydrogens is 213 g/mol. The Hall–Kier alpha value is -1.08. The molecule has 0 saturated carbocycles. The van der Waals surface area contributed by atoms with Crippen LogP contribution in [0.2, 0.25) is 0 Å². The fourth-order valence-electron chi connectivity index (χ4n) is 1.15. The number of ether oxygens (including phenoxy) is 1. The van der Waals surface area contributed by atoms with E-state index in [2.05, 4.69) is 9.40 Å². The average Bonchev–Trinajstić information content (AvgIpc) is 2.50. The number of aromatic nitrogens is 1. The Balaban J connectivity index is 3.06. The van der Waals surface area contributed by atoms with Gasteiger partial charge in [0.15, 0.2) is 0 Å². The van der Waals surface area contributed by atoms with Crippen molar-refractivity contribution < 1.29 is 22.3 Å². The molecule has 1 heterocycles. The first-order valence-corrected chi connectivity index (χ1v) is 4.17. The van der Waals surface area contributed by atoms with E-state index in [4.69, 9.17) is 10.5 Å². The molecule has 0 radical (unpaired) electrons. The number of hydrogen-bond donors (Lipinski definition) is 1. The highest BCUT2D eigenvalue weighted by Crippen LogP contribution is 2.31. The fraction of sp³-hybridized carbons (Fsp3) is 0.625. The summed E-state index contributed by atoms with van der Waals surface area (Å²) in [6, 6.07) is 0. The molecule has 0 saturated heterocycles. The Kier molecular flexibility index (Phi) is 3.35. The zero-order valence-corrected chi connectivity index (χ0v) is 8.26. The minimum atomic E-state index is -4.59. The lowest BCUT2D eigenvalue weighted by atomic mass is 10.2. The maximum atomic E-state index is 12.2. The van der Waals surface area contributed by atoms with Crippen molar-refractivity contribution in [3.63, 3.8) is 0 Å². The summed E-state index contributed by atoms with van der Waals surface area (Å²) in [6.07, 6.45) is -5.26. The highest BCUT2D eigenvalue weighted by molar-refractivity contribution is 5.13. The molecule has 0 amide bonds. The van der Waals surface area contributed by atoms with E-state index >= 15 is 0 Å². The second-order valence-corrected chi connectivity index (χ2v) is 2.92. The van der Waals surface area contributed by atoms with Gasteiger partial charge in [-0.1, -0.05) is 0 Å². The van der Waals surface area contributed by atoms with E-state index in [9.17, 15) is 13.2 Å².